The van der Waals surface area contributed by atoms with E-state index in [1.807, 2.05) is 19.1 Å². The Morgan fingerprint density at radius 2 is 1.77 bits per heavy atom. The van der Waals surface area contributed by atoms with Crippen molar-refractivity contribution in [1.29, 1.82) is 0 Å². The van der Waals surface area contributed by atoms with Gasteiger partial charge in [-0.1, -0.05) is 45.0 Å². The first kappa shape index (κ1) is 20.1. The predicted octanol–water partition coefficient (Wildman–Crippen LogP) is 4.91. The van der Waals surface area contributed by atoms with Crippen LogP contribution in [0.15, 0.2) is 30.3 Å². The van der Waals surface area contributed by atoms with Crippen molar-refractivity contribution >= 4 is 5.91 Å². The Kier molecular flexibility index (Phi) is 6.89. The van der Waals surface area contributed by atoms with Crippen LogP contribution in [-0.2, 0) is 11.3 Å². The number of aryl methyl sites for hydroxylation is 1. The van der Waals surface area contributed by atoms with Crippen molar-refractivity contribution in [1.82, 2.24) is 15.1 Å². The summed E-state index contributed by atoms with van der Waals surface area (Å²) in [6.07, 6.45) is -0.809. The third kappa shape index (κ3) is 4.90. The summed E-state index contributed by atoms with van der Waals surface area (Å²) < 4.78 is 26.8. The average molecular weight is 363 g/mol. The number of hydrogen-bond donors (Lipinski definition) is 1. The lowest BCUT2D eigenvalue weighted by atomic mass is 9.95. The fourth-order valence-corrected chi connectivity index (χ4v) is 2.89. The first-order valence-corrected chi connectivity index (χ1v) is 9.07. The molecule has 0 aliphatic rings. The standard InChI is InChI=1S/C20H27F2N3O/c1-5-13(3)15-7-9-16(10-8-15)17(6-2)23-19(26)12-25-14(4)11-18(24-25)20(21)22/h7-11,13,17,20H,5-6,12H2,1-4H3,(H,23,26). The Labute approximate surface area is 153 Å². The molecule has 0 saturated carbocycles. The van der Waals surface area contributed by atoms with Crippen LogP contribution in [0.25, 0.3) is 0 Å². The molecule has 26 heavy (non-hydrogen) atoms. The molecule has 2 atom stereocenters. The van der Waals surface area contributed by atoms with Gasteiger partial charge in [0, 0.05) is 5.69 Å². The summed E-state index contributed by atoms with van der Waals surface area (Å²) in [6.45, 7) is 7.94. The topological polar surface area (TPSA) is 46.9 Å². The highest BCUT2D eigenvalue weighted by atomic mass is 19.3. The fourth-order valence-electron chi connectivity index (χ4n) is 2.89. The second-order valence-corrected chi connectivity index (χ2v) is 6.67. The minimum Gasteiger partial charge on any atom is -0.348 e. The monoisotopic (exact) mass is 363 g/mol. The van der Waals surface area contributed by atoms with Crippen LogP contribution >= 0.6 is 0 Å². The number of hydrogen-bond acceptors (Lipinski definition) is 2. The lowest BCUT2D eigenvalue weighted by Gasteiger charge is -2.19. The van der Waals surface area contributed by atoms with Crippen LogP contribution in [0, 0.1) is 6.92 Å². The maximum atomic E-state index is 12.7. The highest BCUT2D eigenvalue weighted by Crippen LogP contribution is 2.23. The summed E-state index contributed by atoms with van der Waals surface area (Å²) in [4.78, 5) is 12.3. The highest BCUT2D eigenvalue weighted by molar-refractivity contribution is 5.76. The summed E-state index contributed by atoms with van der Waals surface area (Å²) in [6, 6.07) is 9.49. The second-order valence-electron chi connectivity index (χ2n) is 6.67. The molecule has 4 nitrogen and oxygen atoms in total. The number of amides is 1. The van der Waals surface area contributed by atoms with Crippen molar-refractivity contribution in [3.63, 3.8) is 0 Å². The van der Waals surface area contributed by atoms with Gasteiger partial charge in [-0.15, -0.1) is 0 Å². The largest absolute Gasteiger partial charge is 0.348 e. The molecule has 6 heteroatoms. The highest BCUT2D eigenvalue weighted by Gasteiger charge is 2.17. The predicted molar refractivity (Wildman–Crippen MR) is 98.2 cm³/mol. The lowest BCUT2D eigenvalue weighted by molar-refractivity contribution is -0.122. The Balaban J connectivity index is 2.04. The fraction of sp³-hybridized carbons (Fsp3) is 0.500. The molecule has 1 aromatic heterocycles. The van der Waals surface area contributed by atoms with Gasteiger partial charge < -0.3 is 5.32 Å². The van der Waals surface area contributed by atoms with Crippen molar-refractivity contribution in [3.8, 4) is 0 Å². The Hall–Kier alpha value is -2.24. The molecule has 1 N–H and O–H groups in total. The Bertz CT molecular complexity index is 725. The van der Waals surface area contributed by atoms with Crippen molar-refractivity contribution in [2.45, 2.75) is 65.5 Å². The van der Waals surface area contributed by atoms with Crippen molar-refractivity contribution in [2.24, 2.45) is 0 Å². The number of nitrogens with one attached hydrogen (secondary N) is 1. The molecule has 1 heterocycles. The molecule has 1 aromatic carbocycles. The lowest BCUT2D eigenvalue weighted by Crippen LogP contribution is -2.32. The van der Waals surface area contributed by atoms with Gasteiger partial charge in [0.05, 0.1) is 6.04 Å². The molecule has 2 rings (SSSR count). The zero-order valence-corrected chi connectivity index (χ0v) is 15.8. The second kappa shape index (κ2) is 8.92. The number of halogens is 2. The molecular weight excluding hydrogens is 336 g/mol. The Morgan fingerprint density at radius 3 is 2.27 bits per heavy atom. The zero-order valence-electron chi connectivity index (χ0n) is 15.8. The SMILES string of the molecule is CCC(C)c1ccc(C(CC)NC(=O)Cn2nc(C(F)F)cc2C)cc1. The summed E-state index contributed by atoms with van der Waals surface area (Å²) in [7, 11) is 0. The van der Waals surface area contributed by atoms with Crippen molar-refractivity contribution in [3.05, 3.63) is 52.8 Å². The minimum absolute atomic E-state index is 0.0694. The Morgan fingerprint density at radius 1 is 1.15 bits per heavy atom. The van der Waals surface area contributed by atoms with Crippen LogP contribution in [0.4, 0.5) is 8.78 Å². The smallest absolute Gasteiger partial charge is 0.282 e. The summed E-state index contributed by atoms with van der Waals surface area (Å²) in [5.74, 6) is 0.264. The van der Waals surface area contributed by atoms with E-state index >= 15 is 0 Å². The van der Waals surface area contributed by atoms with Gasteiger partial charge in [-0.3, -0.25) is 9.48 Å². The van der Waals surface area contributed by atoms with Crippen LogP contribution in [0.2, 0.25) is 0 Å². The number of rotatable bonds is 8. The summed E-state index contributed by atoms with van der Waals surface area (Å²) >= 11 is 0. The van der Waals surface area contributed by atoms with E-state index in [0.29, 0.717) is 11.6 Å². The van der Waals surface area contributed by atoms with Gasteiger partial charge in [0.2, 0.25) is 5.91 Å². The molecule has 142 valence electrons. The third-order valence-corrected chi connectivity index (χ3v) is 4.78. The summed E-state index contributed by atoms with van der Waals surface area (Å²) in [5.41, 5.74) is 2.56. The van der Waals surface area contributed by atoms with Crippen LogP contribution in [-0.4, -0.2) is 15.7 Å². The molecule has 0 saturated heterocycles. The molecule has 2 aromatic rings. The first-order chi connectivity index (χ1) is 12.3. The summed E-state index contributed by atoms with van der Waals surface area (Å²) in [5, 5.41) is 6.77. The van der Waals surface area contributed by atoms with Gasteiger partial charge >= 0.3 is 0 Å². The van der Waals surface area contributed by atoms with E-state index in [1.165, 1.54) is 16.3 Å². The van der Waals surface area contributed by atoms with Gasteiger partial charge in [0.15, 0.2) is 0 Å². The molecule has 0 aliphatic heterocycles. The molecule has 1 amide bonds. The van der Waals surface area contributed by atoms with E-state index in [1.54, 1.807) is 6.92 Å². The van der Waals surface area contributed by atoms with Gasteiger partial charge in [0.1, 0.15) is 12.2 Å². The van der Waals surface area contributed by atoms with E-state index in [4.69, 9.17) is 0 Å². The van der Waals surface area contributed by atoms with Crippen LogP contribution in [0.5, 0.6) is 0 Å². The zero-order chi connectivity index (χ0) is 19.3. The van der Waals surface area contributed by atoms with Crippen molar-refractivity contribution < 1.29 is 13.6 Å². The van der Waals surface area contributed by atoms with Crippen molar-refractivity contribution in [2.75, 3.05) is 0 Å². The number of carbonyl (C=O) groups is 1. The van der Waals surface area contributed by atoms with Gasteiger partial charge in [-0.05, 0) is 42.9 Å². The molecular formula is C20H27F2N3O. The van der Waals surface area contributed by atoms with E-state index in [9.17, 15) is 13.6 Å². The van der Waals surface area contributed by atoms with E-state index < -0.39 is 6.43 Å². The normalized spacial score (nSPS) is 13.7. The van der Waals surface area contributed by atoms with E-state index in [2.05, 4.69) is 36.4 Å². The van der Waals surface area contributed by atoms with Crippen LogP contribution in [0.1, 0.15) is 74.5 Å². The average Bonchev–Trinajstić information content (AvgIpc) is 3.00. The minimum atomic E-state index is -2.63. The quantitative estimate of drug-likeness (QED) is 0.724. The van der Waals surface area contributed by atoms with Gasteiger partial charge in [-0.25, -0.2) is 8.78 Å². The van der Waals surface area contributed by atoms with Gasteiger partial charge in [0.25, 0.3) is 6.43 Å². The van der Waals surface area contributed by atoms with Gasteiger partial charge in [-0.2, -0.15) is 5.10 Å². The number of aromatic nitrogens is 2. The van der Waals surface area contributed by atoms with E-state index in [0.717, 1.165) is 18.4 Å². The maximum absolute atomic E-state index is 12.7. The molecule has 0 bridgehead atoms. The van der Waals surface area contributed by atoms with Crippen LogP contribution in [0.3, 0.4) is 0 Å². The molecule has 0 radical (unpaired) electrons. The third-order valence-electron chi connectivity index (χ3n) is 4.78. The number of alkyl halides is 2. The molecule has 2 unspecified atom stereocenters. The maximum Gasteiger partial charge on any atom is 0.282 e. The van der Waals surface area contributed by atoms with E-state index in [-0.39, 0.29) is 24.2 Å². The number of benzene rings is 1. The van der Waals surface area contributed by atoms with Crippen LogP contribution < -0.4 is 5.32 Å². The first-order valence-electron chi connectivity index (χ1n) is 9.07. The molecule has 0 aliphatic carbocycles. The molecule has 0 fully saturated rings. The number of carbonyl (C=O) groups excluding carboxylic acids is 1. The molecule has 0 spiro atoms. The number of nitrogens with zero attached hydrogens (tertiary/aromatic N) is 2.